The number of para-hydroxylation sites is 2. The SMILES string of the molecule is O=C1CSC(c2ccccc2Cl)N1c1ccc(S(=O)(=O)Nn2c(Cc3ccccc3Nc3c(Cl)cccc3Cl)nc3cc(Cl)ccc3c2=O)cc1. The molecule has 0 bridgehead atoms. The van der Waals surface area contributed by atoms with Crippen molar-refractivity contribution in [3.05, 3.63) is 157 Å². The number of hydrogen-bond acceptors (Lipinski definition) is 7. The summed E-state index contributed by atoms with van der Waals surface area (Å²) >= 11 is 27.0. The molecule has 1 amide bonds. The maximum Gasteiger partial charge on any atom is 0.280 e. The Morgan fingerprint density at radius 1 is 0.804 bits per heavy atom. The van der Waals surface area contributed by atoms with Gasteiger partial charge in [-0.05, 0) is 72.3 Å². The molecule has 0 saturated carbocycles. The molecule has 0 aliphatic carbocycles. The zero-order valence-corrected chi connectivity index (χ0v) is 30.8. The Morgan fingerprint density at radius 3 is 2.24 bits per heavy atom. The molecule has 1 aromatic heterocycles. The fraction of sp³-hybridized carbons (Fsp3) is 0.0833. The van der Waals surface area contributed by atoms with Gasteiger partial charge in [0.15, 0.2) is 0 Å². The third kappa shape index (κ3) is 7.15. The molecule has 7 rings (SSSR count). The standard InChI is InChI=1S/C36H25Cl4N5O4S2/c37-22-12-17-26-31(19-22)41-32(18-21-6-1-4-11-30(21)42-34-28(39)9-5-10-29(34)40)45(35(26)47)43-51(48,49)24-15-13-23(14-16-24)44-33(46)20-50-36(44)25-7-2-3-8-27(25)38/h1-17,19,36,42-43H,18,20H2. The van der Waals surface area contributed by atoms with Crippen LogP contribution in [-0.4, -0.2) is 29.7 Å². The quantitative estimate of drug-likeness (QED) is 0.150. The molecule has 0 radical (unpaired) electrons. The average molecular weight is 798 g/mol. The number of aromatic nitrogens is 2. The summed E-state index contributed by atoms with van der Waals surface area (Å²) in [5.74, 6) is 0.202. The molecule has 1 aliphatic rings. The Bertz CT molecular complexity index is 2480. The van der Waals surface area contributed by atoms with Gasteiger partial charge in [-0.2, -0.15) is 13.1 Å². The molecule has 1 atom stereocenters. The van der Waals surface area contributed by atoms with Crippen LogP contribution in [0.15, 0.2) is 119 Å². The molecular weight excluding hydrogens is 772 g/mol. The number of carbonyl (C=O) groups excluding carboxylic acids is 1. The molecule has 9 nitrogen and oxygen atoms in total. The van der Waals surface area contributed by atoms with Gasteiger partial charge in [0.1, 0.15) is 11.2 Å². The minimum absolute atomic E-state index is 0.0164. The summed E-state index contributed by atoms with van der Waals surface area (Å²) in [4.78, 5) is 35.5. The van der Waals surface area contributed by atoms with Crippen LogP contribution < -0.4 is 20.6 Å². The number of halogens is 4. The van der Waals surface area contributed by atoms with Gasteiger partial charge in [-0.25, -0.2) is 9.82 Å². The molecule has 258 valence electrons. The predicted molar refractivity (Wildman–Crippen MR) is 207 cm³/mol. The van der Waals surface area contributed by atoms with Gasteiger partial charge in [0.05, 0.1) is 37.3 Å². The Morgan fingerprint density at radius 2 is 1.49 bits per heavy atom. The van der Waals surface area contributed by atoms with Crippen molar-refractivity contribution in [2.24, 2.45) is 0 Å². The zero-order chi connectivity index (χ0) is 35.9. The van der Waals surface area contributed by atoms with E-state index in [1.165, 1.54) is 36.0 Å². The van der Waals surface area contributed by atoms with Gasteiger partial charge in [0.2, 0.25) is 5.91 Å². The van der Waals surface area contributed by atoms with Crippen LogP contribution in [0.5, 0.6) is 0 Å². The lowest BCUT2D eigenvalue weighted by Gasteiger charge is -2.25. The fourth-order valence-electron chi connectivity index (χ4n) is 5.70. The molecule has 1 unspecified atom stereocenters. The molecule has 15 heteroatoms. The first-order chi connectivity index (χ1) is 24.5. The van der Waals surface area contributed by atoms with Crippen molar-refractivity contribution in [3.8, 4) is 0 Å². The lowest BCUT2D eigenvalue weighted by Crippen LogP contribution is -2.36. The van der Waals surface area contributed by atoms with Crippen molar-refractivity contribution in [1.82, 2.24) is 9.66 Å². The number of nitrogens with zero attached hydrogens (tertiary/aromatic N) is 3. The molecular formula is C36H25Cl4N5O4S2. The highest BCUT2D eigenvalue weighted by atomic mass is 35.5. The molecule has 1 aliphatic heterocycles. The molecule has 0 spiro atoms. The van der Waals surface area contributed by atoms with Crippen LogP contribution in [0, 0.1) is 0 Å². The van der Waals surface area contributed by atoms with Crippen LogP contribution in [0.3, 0.4) is 0 Å². The second kappa shape index (κ2) is 14.4. The minimum Gasteiger partial charge on any atom is -0.353 e. The number of fused-ring (bicyclic) bond motifs is 1. The van der Waals surface area contributed by atoms with Gasteiger partial charge in [-0.15, -0.1) is 11.8 Å². The summed E-state index contributed by atoms with van der Waals surface area (Å²) < 4.78 is 28.7. The first-order valence-corrected chi connectivity index (χ1v) is 19.4. The third-order valence-electron chi connectivity index (χ3n) is 8.17. The second-order valence-electron chi connectivity index (χ2n) is 11.4. The van der Waals surface area contributed by atoms with Gasteiger partial charge in [0, 0.05) is 33.4 Å². The van der Waals surface area contributed by atoms with Gasteiger partial charge < -0.3 is 5.32 Å². The van der Waals surface area contributed by atoms with Crippen LogP contribution in [0.1, 0.15) is 22.3 Å². The summed E-state index contributed by atoms with van der Waals surface area (Å²) in [6.07, 6.45) is 0.0164. The highest BCUT2D eigenvalue weighted by molar-refractivity contribution is 8.00. The van der Waals surface area contributed by atoms with E-state index in [0.717, 1.165) is 10.2 Å². The molecule has 1 saturated heterocycles. The topological polar surface area (TPSA) is 113 Å². The Labute approximate surface area is 317 Å². The van der Waals surface area contributed by atoms with E-state index in [4.69, 9.17) is 46.4 Å². The average Bonchev–Trinajstić information content (AvgIpc) is 3.49. The predicted octanol–water partition coefficient (Wildman–Crippen LogP) is 9.06. The van der Waals surface area contributed by atoms with Gasteiger partial charge in [0.25, 0.3) is 15.6 Å². The van der Waals surface area contributed by atoms with Crippen molar-refractivity contribution in [1.29, 1.82) is 0 Å². The first kappa shape index (κ1) is 35.2. The molecule has 2 N–H and O–H groups in total. The van der Waals surface area contributed by atoms with Crippen molar-refractivity contribution in [2.75, 3.05) is 20.8 Å². The number of amides is 1. The van der Waals surface area contributed by atoms with Gasteiger partial charge in [-0.1, -0.05) is 88.9 Å². The fourth-order valence-corrected chi connectivity index (χ4v) is 8.91. The van der Waals surface area contributed by atoms with Crippen LogP contribution >= 0.6 is 58.2 Å². The van der Waals surface area contributed by atoms with Crippen molar-refractivity contribution in [2.45, 2.75) is 16.7 Å². The molecule has 6 aromatic rings. The smallest absolute Gasteiger partial charge is 0.280 e. The summed E-state index contributed by atoms with van der Waals surface area (Å²) in [5.41, 5.74) is 2.69. The molecule has 2 heterocycles. The van der Waals surface area contributed by atoms with E-state index < -0.39 is 15.6 Å². The van der Waals surface area contributed by atoms with Gasteiger partial charge >= 0.3 is 0 Å². The summed E-state index contributed by atoms with van der Waals surface area (Å²) in [6.45, 7) is 0. The second-order valence-corrected chi connectivity index (χ2v) is 15.8. The van der Waals surface area contributed by atoms with Gasteiger partial charge in [-0.3, -0.25) is 14.5 Å². The van der Waals surface area contributed by atoms with E-state index in [-0.39, 0.29) is 39.6 Å². The molecule has 5 aromatic carbocycles. The third-order valence-corrected chi connectivity index (χ3v) is 11.9. The highest BCUT2D eigenvalue weighted by Crippen LogP contribution is 2.44. The van der Waals surface area contributed by atoms with Crippen molar-refractivity contribution >= 4 is 102 Å². The van der Waals surface area contributed by atoms with E-state index in [2.05, 4.69) is 15.1 Å². The summed E-state index contributed by atoms with van der Waals surface area (Å²) in [7, 11) is -4.36. The number of hydrogen-bond donors (Lipinski definition) is 2. The highest BCUT2D eigenvalue weighted by Gasteiger charge is 2.35. The first-order valence-electron chi connectivity index (χ1n) is 15.3. The number of thioether (sulfide) groups is 1. The largest absolute Gasteiger partial charge is 0.353 e. The Hall–Kier alpha value is -4.23. The minimum atomic E-state index is -4.36. The van der Waals surface area contributed by atoms with Crippen molar-refractivity contribution < 1.29 is 13.2 Å². The van der Waals surface area contributed by atoms with Crippen LogP contribution in [0.4, 0.5) is 17.1 Å². The summed E-state index contributed by atoms with van der Waals surface area (Å²) in [6, 6.07) is 30.1. The Balaban J connectivity index is 1.24. The number of rotatable bonds is 9. The molecule has 51 heavy (non-hydrogen) atoms. The van der Waals surface area contributed by atoms with Crippen LogP contribution in [-0.2, 0) is 21.2 Å². The number of anilines is 3. The van der Waals surface area contributed by atoms with E-state index in [9.17, 15) is 18.0 Å². The van der Waals surface area contributed by atoms with E-state index >= 15 is 0 Å². The van der Waals surface area contributed by atoms with E-state index in [0.29, 0.717) is 48.2 Å². The number of benzene rings is 5. The van der Waals surface area contributed by atoms with Crippen molar-refractivity contribution in [3.63, 3.8) is 0 Å². The maximum absolute atomic E-state index is 13.9. The van der Waals surface area contributed by atoms with Crippen LogP contribution in [0.2, 0.25) is 20.1 Å². The Kier molecular flexibility index (Phi) is 9.95. The molecule has 1 fully saturated rings. The van der Waals surface area contributed by atoms with Crippen LogP contribution in [0.25, 0.3) is 10.9 Å². The number of sulfonamides is 1. The zero-order valence-electron chi connectivity index (χ0n) is 26.2. The van der Waals surface area contributed by atoms with E-state index in [1.54, 1.807) is 59.5 Å². The monoisotopic (exact) mass is 795 g/mol. The maximum atomic E-state index is 13.9. The van der Waals surface area contributed by atoms with E-state index in [1.807, 2.05) is 30.3 Å². The lowest BCUT2D eigenvalue weighted by molar-refractivity contribution is -0.115. The normalized spacial score (nSPS) is 14.6. The number of nitrogens with one attached hydrogen (secondary N) is 2. The number of carbonyl (C=O) groups is 1. The summed E-state index contributed by atoms with van der Waals surface area (Å²) in [5, 5.41) is 4.73. The lowest BCUT2D eigenvalue weighted by atomic mass is 10.1.